The fraction of sp³-hybridized carbons (Fsp3) is 0.269. The van der Waals surface area contributed by atoms with Crippen molar-refractivity contribution in [1.82, 2.24) is 4.57 Å². The van der Waals surface area contributed by atoms with Crippen LogP contribution in [0.4, 0.5) is 0 Å². The molecule has 1 aliphatic heterocycles. The van der Waals surface area contributed by atoms with Crippen molar-refractivity contribution < 1.29 is 23.7 Å². The van der Waals surface area contributed by atoms with Crippen molar-refractivity contribution in [3.8, 4) is 17.2 Å². The Hall–Kier alpha value is -3.37. The van der Waals surface area contributed by atoms with Crippen LogP contribution in [-0.4, -0.2) is 38.5 Å². The SMILES string of the molecule is CCOC(=O)C1=C(C)N=c2sc(=Cc3cc(OC)c(OC)cc3Br)c(=O)n2[C@@H]1c1ccccc1OC. The van der Waals surface area contributed by atoms with Gasteiger partial charge in [0.1, 0.15) is 11.8 Å². The molecule has 1 aliphatic rings. The second kappa shape index (κ2) is 10.7. The Morgan fingerprint density at radius 3 is 2.44 bits per heavy atom. The largest absolute Gasteiger partial charge is 0.496 e. The van der Waals surface area contributed by atoms with Gasteiger partial charge in [-0.3, -0.25) is 9.36 Å². The number of allylic oxidation sites excluding steroid dienone is 1. The molecular formula is C26H25BrN2O6S. The molecule has 0 saturated heterocycles. The lowest BCUT2D eigenvalue weighted by Gasteiger charge is -2.25. The third kappa shape index (κ3) is 4.58. The summed E-state index contributed by atoms with van der Waals surface area (Å²) in [5, 5.41) is 0. The quantitative estimate of drug-likeness (QED) is 0.402. The van der Waals surface area contributed by atoms with Gasteiger partial charge in [0.15, 0.2) is 16.3 Å². The Bertz CT molecular complexity index is 1540. The minimum Gasteiger partial charge on any atom is -0.496 e. The number of carbonyl (C=O) groups excluding carboxylic acids is 1. The van der Waals surface area contributed by atoms with Crippen molar-refractivity contribution in [2.75, 3.05) is 27.9 Å². The highest BCUT2D eigenvalue weighted by molar-refractivity contribution is 9.10. The molecule has 1 atom stereocenters. The van der Waals surface area contributed by atoms with E-state index in [0.29, 0.717) is 43.4 Å². The van der Waals surface area contributed by atoms with Gasteiger partial charge in [0.05, 0.1) is 43.7 Å². The van der Waals surface area contributed by atoms with Crippen LogP contribution in [0.5, 0.6) is 17.2 Å². The Kier molecular flexibility index (Phi) is 7.65. The molecule has 188 valence electrons. The second-order valence-corrected chi connectivity index (χ2v) is 9.64. The van der Waals surface area contributed by atoms with Gasteiger partial charge in [-0.25, -0.2) is 9.79 Å². The van der Waals surface area contributed by atoms with E-state index in [2.05, 4.69) is 20.9 Å². The number of nitrogens with zero attached hydrogens (tertiary/aromatic N) is 2. The molecule has 3 aromatic rings. The number of benzene rings is 2. The van der Waals surface area contributed by atoms with Gasteiger partial charge in [-0.2, -0.15) is 0 Å². The van der Waals surface area contributed by atoms with Gasteiger partial charge in [0.25, 0.3) is 5.56 Å². The van der Waals surface area contributed by atoms with Crippen molar-refractivity contribution in [2.45, 2.75) is 19.9 Å². The minimum absolute atomic E-state index is 0.200. The molecule has 0 saturated carbocycles. The monoisotopic (exact) mass is 572 g/mol. The maximum absolute atomic E-state index is 13.8. The summed E-state index contributed by atoms with van der Waals surface area (Å²) >= 11 is 4.79. The van der Waals surface area contributed by atoms with E-state index in [4.69, 9.17) is 18.9 Å². The van der Waals surface area contributed by atoms with E-state index in [-0.39, 0.29) is 12.2 Å². The number of ether oxygens (including phenoxy) is 4. The minimum atomic E-state index is -0.757. The van der Waals surface area contributed by atoms with Crippen molar-refractivity contribution in [2.24, 2.45) is 4.99 Å². The lowest BCUT2D eigenvalue weighted by Crippen LogP contribution is -2.40. The highest BCUT2D eigenvalue weighted by Crippen LogP contribution is 2.36. The molecule has 0 aliphatic carbocycles. The van der Waals surface area contributed by atoms with Crippen LogP contribution >= 0.6 is 27.3 Å². The number of aromatic nitrogens is 1. The fourth-order valence-electron chi connectivity index (χ4n) is 4.10. The van der Waals surface area contributed by atoms with E-state index < -0.39 is 12.0 Å². The normalized spacial score (nSPS) is 15.3. The molecule has 0 spiro atoms. The summed E-state index contributed by atoms with van der Waals surface area (Å²) in [6.07, 6.45) is 1.76. The van der Waals surface area contributed by atoms with Gasteiger partial charge < -0.3 is 18.9 Å². The maximum atomic E-state index is 13.8. The number of fused-ring (bicyclic) bond motifs is 1. The number of rotatable bonds is 7. The summed E-state index contributed by atoms with van der Waals surface area (Å²) in [5.41, 5.74) is 1.90. The number of hydrogen-bond donors (Lipinski definition) is 0. The van der Waals surface area contributed by atoms with E-state index in [1.165, 1.54) is 15.9 Å². The van der Waals surface area contributed by atoms with Crippen LogP contribution in [0, 0.1) is 0 Å². The first-order valence-electron chi connectivity index (χ1n) is 11.1. The van der Waals surface area contributed by atoms with Crippen LogP contribution in [-0.2, 0) is 9.53 Å². The summed E-state index contributed by atoms with van der Waals surface area (Å²) in [6, 6.07) is 10.1. The van der Waals surface area contributed by atoms with E-state index in [1.807, 2.05) is 18.2 Å². The molecule has 2 heterocycles. The number of para-hydroxylation sites is 1. The Labute approximate surface area is 220 Å². The molecule has 0 amide bonds. The number of thiazole rings is 1. The van der Waals surface area contributed by atoms with Crippen LogP contribution in [0.3, 0.4) is 0 Å². The molecule has 10 heteroatoms. The molecule has 0 bridgehead atoms. The topological polar surface area (TPSA) is 88.4 Å². The Morgan fingerprint density at radius 2 is 1.78 bits per heavy atom. The van der Waals surface area contributed by atoms with Crippen LogP contribution in [0.1, 0.15) is 31.0 Å². The van der Waals surface area contributed by atoms with E-state index in [0.717, 1.165) is 10.0 Å². The van der Waals surface area contributed by atoms with Crippen LogP contribution in [0.2, 0.25) is 0 Å². The molecule has 36 heavy (non-hydrogen) atoms. The van der Waals surface area contributed by atoms with E-state index >= 15 is 0 Å². The molecule has 0 unspecified atom stereocenters. The fourth-order valence-corrected chi connectivity index (χ4v) is 5.57. The third-order valence-electron chi connectivity index (χ3n) is 5.74. The summed E-state index contributed by atoms with van der Waals surface area (Å²) in [6.45, 7) is 3.69. The molecule has 4 rings (SSSR count). The van der Waals surface area contributed by atoms with Gasteiger partial charge in [-0.15, -0.1) is 0 Å². The number of esters is 1. The summed E-state index contributed by atoms with van der Waals surface area (Å²) in [4.78, 5) is 32.0. The van der Waals surface area contributed by atoms with E-state index in [9.17, 15) is 9.59 Å². The highest BCUT2D eigenvalue weighted by Gasteiger charge is 2.35. The highest BCUT2D eigenvalue weighted by atomic mass is 79.9. The zero-order chi connectivity index (χ0) is 26.0. The smallest absolute Gasteiger partial charge is 0.338 e. The van der Waals surface area contributed by atoms with Crippen LogP contribution < -0.4 is 29.1 Å². The van der Waals surface area contributed by atoms with Gasteiger partial charge in [-0.05, 0) is 43.7 Å². The summed E-state index contributed by atoms with van der Waals surface area (Å²) in [7, 11) is 4.66. The molecular weight excluding hydrogens is 548 g/mol. The molecule has 1 aromatic heterocycles. The average Bonchev–Trinajstić information content (AvgIpc) is 3.18. The zero-order valence-electron chi connectivity index (χ0n) is 20.5. The first-order valence-corrected chi connectivity index (χ1v) is 12.7. The second-order valence-electron chi connectivity index (χ2n) is 7.77. The maximum Gasteiger partial charge on any atom is 0.338 e. The van der Waals surface area contributed by atoms with Gasteiger partial charge in [-0.1, -0.05) is 45.5 Å². The third-order valence-corrected chi connectivity index (χ3v) is 7.41. The number of halogens is 1. The van der Waals surface area contributed by atoms with Crippen LogP contribution in [0.25, 0.3) is 6.08 Å². The first-order chi connectivity index (χ1) is 17.3. The van der Waals surface area contributed by atoms with Crippen molar-refractivity contribution >= 4 is 39.3 Å². The zero-order valence-corrected chi connectivity index (χ0v) is 22.9. The summed E-state index contributed by atoms with van der Waals surface area (Å²) < 4.78 is 24.4. The average molecular weight is 573 g/mol. The van der Waals surface area contributed by atoms with Gasteiger partial charge >= 0.3 is 5.97 Å². The number of methoxy groups -OCH3 is 3. The van der Waals surface area contributed by atoms with Gasteiger partial charge in [0, 0.05) is 10.0 Å². The molecule has 2 aromatic carbocycles. The van der Waals surface area contributed by atoms with Crippen LogP contribution in [0.15, 0.2) is 61.9 Å². The van der Waals surface area contributed by atoms with Gasteiger partial charge in [0.2, 0.25) is 0 Å². The predicted octanol–water partition coefficient (Wildman–Crippen LogP) is 3.59. The molecule has 0 N–H and O–H groups in total. The Morgan fingerprint density at radius 1 is 1.11 bits per heavy atom. The number of carbonyl (C=O) groups is 1. The molecule has 0 fully saturated rings. The van der Waals surface area contributed by atoms with E-state index in [1.54, 1.807) is 59.5 Å². The lowest BCUT2D eigenvalue weighted by molar-refractivity contribution is -0.139. The lowest BCUT2D eigenvalue weighted by atomic mass is 9.95. The Balaban J connectivity index is 1.99. The summed E-state index contributed by atoms with van der Waals surface area (Å²) in [5.74, 6) is 1.13. The van der Waals surface area contributed by atoms with Crippen molar-refractivity contribution in [3.63, 3.8) is 0 Å². The predicted molar refractivity (Wildman–Crippen MR) is 141 cm³/mol. The number of hydrogen-bond acceptors (Lipinski definition) is 8. The molecule has 0 radical (unpaired) electrons. The standard InChI is InChI=1S/C26H25BrN2O6S/c1-6-35-25(31)22-14(2)28-26-29(23(22)16-9-7-8-10-18(16)32-3)24(30)21(36-26)12-15-11-19(33-4)20(34-5)13-17(15)27/h7-13,23H,6H2,1-5H3/t23-/m1/s1. The first kappa shape index (κ1) is 25.7. The molecule has 8 nitrogen and oxygen atoms in total. The van der Waals surface area contributed by atoms with Crippen molar-refractivity contribution in [1.29, 1.82) is 0 Å². The van der Waals surface area contributed by atoms with Crippen molar-refractivity contribution in [3.05, 3.63) is 83.0 Å².